The van der Waals surface area contributed by atoms with Crippen molar-refractivity contribution < 1.29 is 9.90 Å². The molecule has 0 bridgehead atoms. The average Bonchev–Trinajstić information content (AvgIpc) is 3.05. The summed E-state index contributed by atoms with van der Waals surface area (Å²) < 4.78 is 1.63. The molecule has 0 saturated heterocycles. The van der Waals surface area contributed by atoms with E-state index in [0.29, 0.717) is 23.9 Å². The molecule has 1 N–H and O–H groups in total. The van der Waals surface area contributed by atoms with Gasteiger partial charge in [-0.25, -0.2) is 9.78 Å². The van der Waals surface area contributed by atoms with Gasteiger partial charge < -0.3 is 10.0 Å². The highest BCUT2D eigenvalue weighted by Crippen LogP contribution is 2.26. The topological polar surface area (TPSA) is 57.8 Å². The Labute approximate surface area is 126 Å². The number of carbonyl (C=O) groups is 1. The molecule has 108 valence electrons. The Morgan fingerprint density at radius 3 is 2.81 bits per heavy atom. The first-order chi connectivity index (χ1) is 10.2. The third-order valence-corrected chi connectivity index (χ3v) is 4.10. The highest BCUT2D eigenvalue weighted by atomic mass is 32.1. The highest BCUT2D eigenvalue weighted by Gasteiger charge is 2.23. The summed E-state index contributed by atoms with van der Waals surface area (Å²) in [4.78, 5) is 18.8. The molecule has 5 nitrogen and oxygen atoms in total. The number of fused-ring (bicyclic) bond motifs is 1. The predicted octanol–water partition coefficient (Wildman–Crippen LogP) is 3.12. The summed E-state index contributed by atoms with van der Waals surface area (Å²) in [5.74, 6) is -0.428. The maximum Gasteiger partial charge on any atom is 0.356 e. The summed E-state index contributed by atoms with van der Waals surface area (Å²) in [6, 6.07) is 9.98. The van der Waals surface area contributed by atoms with E-state index in [0.717, 1.165) is 5.56 Å². The van der Waals surface area contributed by atoms with Gasteiger partial charge in [-0.3, -0.25) is 4.40 Å². The van der Waals surface area contributed by atoms with E-state index in [-0.39, 0.29) is 5.69 Å². The molecular weight excluding hydrogens is 286 g/mol. The summed E-state index contributed by atoms with van der Waals surface area (Å²) in [6.45, 7) is 3.34. The Hall–Kier alpha value is -2.34. The van der Waals surface area contributed by atoms with Gasteiger partial charge in [0.25, 0.3) is 0 Å². The summed E-state index contributed by atoms with van der Waals surface area (Å²) >= 11 is 1.44. The van der Waals surface area contributed by atoms with Crippen LogP contribution in [0.25, 0.3) is 4.96 Å². The number of carboxylic acids is 1. The van der Waals surface area contributed by atoms with E-state index in [1.807, 2.05) is 47.5 Å². The normalized spacial score (nSPS) is 10.9. The molecule has 0 aliphatic rings. The van der Waals surface area contributed by atoms with Crippen LogP contribution < -0.4 is 4.90 Å². The molecule has 0 amide bonds. The van der Waals surface area contributed by atoms with Gasteiger partial charge in [-0.15, -0.1) is 11.3 Å². The zero-order chi connectivity index (χ0) is 14.8. The SMILES string of the molecule is CCN(Cc1ccccc1)c1nc2sccn2c1C(=O)O. The van der Waals surface area contributed by atoms with Crippen LogP contribution in [-0.2, 0) is 6.54 Å². The third kappa shape index (κ3) is 2.50. The van der Waals surface area contributed by atoms with E-state index in [4.69, 9.17) is 0 Å². The molecule has 0 saturated carbocycles. The lowest BCUT2D eigenvalue weighted by molar-refractivity contribution is 0.0690. The van der Waals surface area contributed by atoms with Crippen molar-refractivity contribution in [2.45, 2.75) is 13.5 Å². The largest absolute Gasteiger partial charge is 0.476 e. The monoisotopic (exact) mass is 301 g/mol. The number of hydrogen-bond acceptors (Lipinski definition) is 4. The fourth-order valence-electron chi connectivity index (χ4n) is 2.33. The first-order valence-corrected chi connectivity index (χ1v) is 7.56. The third-order valence-electron chi connectivity index (χ3n) is 3.34. The second-order valence-electron chi connectivity index (χ2n) is 4.64. The van der Waals surface area contributed by atoms with Crippen LogP contribution in [-0.4, -0.2) is 27.0 Å². The van der Waals surface area contributed by atoms with Crippen LogP contribution in [0.3, 0.4) is 0 Å². The standard InChI is InChI=1S/C15H15N3O2S/c1-2-17(10-11-6-4-3-5-7-11)13-12(14(19)20)18-8-9-21-15(18)16-13/h3-9H,2,10H2,1H3,(H,19,20). The van der Waals surface area contributed by atoms with Crippen molar-refractivity contribution in [1.29, 1.82) is 0 Å². The number of carboxylic acid groups (broad SMARTS) is 1. The summed E-state index contributed by atoms with van der Waals surface area (Å²) in [5.41, 5.74) is 1.36. The van der Waals surface area contributed by atoms with Crippen molar-refractivity contribution in [2.24, 2.45) is 0 Å². The summed E-state index contributed by atoms with van der Waals surface area (Å²) in [7, 11) is 0. The predicted molar refractivity (Wildman–Crippen MR) is 83.2 cm³/mol. The molecule has 3 aromatic rings. The molecule has 0 radical (unpaired) electrons. The van der Waals surface area contributed by atoms with Gasteiger partial charge in [0.2, 0.25) is 0 Å². The van der Waals surface area contributed by atoms with Gasteiger partial charge in [0, 0.05) is 24.7 Å². The van der Waals surface area contributed by atoms with Crippen LogP contribution in [0.5, 0.6) is 0 Å². The number of thiazole rings is 1. The van der Waals surface area contributed by atoms with E-state index >= 15 is 0 Å². The minimum Gasteiger partial charge on any atom is -0.476 e. The average molecular weight is 301 g/mol. The van der Waals surface area contributed by atoms with Gasteiger partial charge in [-0.05, 0) is 12.5 Å². The number of anilines is 1. The van der Waals surface area contributed by atoms with Crippen molar-refractivity contribution in [1.82, 2.24) is 9.38 Å². The Kier molecular flexibility index (Phi) is 3.62. The lowest BCUT2D eigenvalue weighted by Gasteiger charge is -2.21. The van der Waals surface area contributed by atoms with Crippen LogP contribution >= 0.6 is 11.3 Å². The molecule has 0 aliphatic carbocycles. The van der Waals surface area contributed by atoms with E-state index in [2.05, 4.69) is 4.98 Å². The number of aromatic carboxylic acids is 1. The van der Waals surface area contributed by atoms with Crippen molar-refractivity contribution >= 4 is 28.1 Å². The van der Waals surface area contributed by atoms with Crippen LogP contribution in [0.1, 0.15) is 23.0 Å². The number of hydrogen-bond donors (Lipinski definition) is 1. The Balaban J connectivity index is 2.02. The van der Waals surface area contributed by atoms with Gasteiger partial charge in [-0.1, -0.05) is 30.3 Å². The van der Waals surface area contributed by atoms with Gasteiger partial charge in [0.15, 0.2) is 16.5 Å². The van der Waals surface area contributed by atoms with Crippen LogP contribution in [0.4, 0.5) is 5.82 Å². The molecule has 2 aromatic heterocycles. The molecule has 0 atom stereocenters. The molecule has 2 heterocycles. The molecule has 6 heteroatoms. The number of aromatic nitrogens is 2. The minimum absolute atomic E-state index is 0.226. The number of rotatable bonds is 5. The summed E-state index contributed by atoms with van der Waals surface area (Å²) in [5, 5.41) is 11.3. The van der Waals surface area contributed by atoms with Crippen molar-refractivity contribution in [3.63, 3.8) is 0 Å². The zero-order valence-corrected chi connectivity index (χ0v) is 12.4. The first-order valence-electron chi connectivity index (χ1n) is 6.68. The van der Waals surface area contributed by atoms with E-state index in [1.165, 1.54) is 11.3 Å². The van der Waals surface area contributed by atoms with Crippen LogP contribution in [0.2, 0.25) is 0 Å². The van der Waals surface area contributed by atoms with Gasteiger partial charge in [0.05, 0.1) is 0 Å². The molecule has 0 unspecified atom stereocenters. The fourth-order valence-corrected chi connectivity index (χ4v) is 3.04. The smallest absolute Gasteiger partial charge is 0.356 e. The molecule has 0 fully saturated rings. The quantitative estimate of drug-likeness (QED) is 0.786. The van der Waals surface area contributed by atoms with Gasteiger partial charge >= 0.3 is 5.97 Å². The minimum atomic E-state index is -0.956. The fraction of sp³-hybridized carbons (Fsp3) is 0.200. The van der Waals surface area contributed by atoms with Crippen molar-refractivity contribution in [3.05, 3.63) is 53.2 Å². The molecule has 0 spiro atoms. The molecular formula is C15H15N3O2S. The molecule has 1 aromatic carbocycles. The second-order valence-corrected chi connectivity index (χ2v) is 5.52. The number of benzene rings is 1. The Morgan fingerprint density at radius 1 is 1.38 bits per heavy atom. The van der Waals surface area contributed by atoms with E-state index in [1.54, 1.807) is 10.6 Å². The number of imidazole rings is 1. The number of nitrogens with zero attached hydrogens (tertiary/aromatic N) is 3. The molecule has 0 aliphatic heterocycles. The lowest BCUT2D eigenvalue weighted by atomic mass is 10.2. The lowest BCUT2D eigenvalue weighted by Crippen LogP contribution is -2.24. The Bertz CT molecular complexity index is 764. The maximum absolute atomic E-state index is 11.6. The van der Waals surface area contributed by atoms with Gasteiger partial charge in [0.1, 0.15) is 0 Å². The zero-order valence-electron chi connectivity index (χ0n) is 11.6. The van der Waals surface area contributed by atoms with E-state index < -0.39 is 5.97 Å². The van der Waals surface area contributed by atoms with Crippen molar-refractivity contribution in [3.8, 4) is 0 Å². The Morgan fingerprint density at radius 2 is 2.14 bits per heavy atom. The van der Waals surface area contributed by atoms with E-state index in [9.17, 15) is 9.90 Å². The molecule has 3 rings (SSSR count). The van der Waals surface area contributed by atoms with Crippen molar-refractivity contribution in [2.75, 3.05) is 11.4 Å². The highest BCUT2D eigenvalue weighted by molar-refractivity contribution is 7.15. The second kappa shape index (κ2) is 5.57. The summed E-state index contributed by atoms with van der Waals surface area (Å²) in [6.07, 6.45) is 1.75. The maximum atomic E-state index is 11.6. The first kappa shape index (κ1) is 13.6. The molecule has 21 heavy (non-hydrogen) atoms. The van der Waals surface area contributed by atoms with Gasteiger partial charge in [-0.2, -0.15) is 0 Å². The van der Waals surface area contributed by atoms with Crippen LogP contribution in [0.15, 0.2) is 41.9 Å². The van der Waals surface area contributed by atoms with Crippen LogP contribution in [0, 0.1) is 0 Å².